The van der Waals surface area contributed by atoms with E-state index in [-0.39, 0.29) is 0 Å². The zero-order chi connectivity index (χ0) is 13.6. The number of nitrogens with zero attached hydrogens (tertiary/aromatic N) is 5. The van der Waals surface area contributed by atoms with E-state index in [0.29, 0.717) is 0 Å². The summed E-state index contributed by atoms with van der Waals surface area (Å²) < 4.78 is 6.60. The second kappa shape index (κ2) is 4.34. The fourth-order valence-corrected chi connectivity index (χ4v) is 2.73. The largest absolute Gasteiger partial charge is 0.328 e. The SMILES string of the molecule is Cc1nn(C)c2c1[nH]c(=S)n2CCc1ccnn1C. The standard InChI is InChI=1S/C12H16N6S/c1-8-10-11(17(3)15-8)18(12(19)14-10)7-5-9-4-6-13-16(9)2/h4,6H,5,7H2,1-3H3,(H,14,19). The maximum Gasteiger partial charge on any atom is 0.179 e. The molecule has 0 aliphatic rings. The quantitative estimate of drug-likeness (QED) is 0.741. The minimum Gasteiger partial charge on any atom is -0.328 e. The minimum atomic E-state index is 0.744. The third kappa shape index (κ3) is 1.90. The van der Waals surface area contributed by atoms with Crippen LogP contribution >= 0.6 is 12.2 Å². The van der Waals surface area contributed by atoms with E-state index in [1.807, 2.05) is 42.6 Å². The van der Waals surface area contributed by atoms with Crippen LogP contribution < -0.4 is 0 Å². The summed E-state index contributed by atoms with van der Waals surface area (Å²) in [6.07, 6.45) is 2.71. The van der Waals surface area contributed by atoms with Crippen LogP contribution in [0.3, 0.4) is 0 Å². The van der Waals surface area contributed by atoms with Gasteiger partial charge in [0.2, 0.25) is 0 Å². The molecule has 3 aromatic rings. The van der Waals surface area contributed by atoms with Crippen molar-refractivity contribution in [2.75, 3.05) is 0 Å². The van der Waals surface area contributed by atoms with Crippen LogP contribution in [0.1, 0.15) is 11.4 Å². The molecule has 3 aromatic heterocycles. The monoisotopic (exact) mass is 276 g/mol. The Labute approximate surface area is 115 Å². The van der Waals surface area contributed by atoms with Crippen molar-refractivity contribution >= 4 is 23.4 Å². The van der Waals surface area contributed by atoms with Gasteiger partial charge in [0.05, 0.1) is 5.69 Å². The second-order valence-corrected chi connectivity index (χ2v) is 5.07. The first-order valence-corrected chi connectivity index (χ1v) is 6.57. The molecule has 7 heteroatoms. The summed E-state index contributed by atoms with van der Waals surface area (Å²) >= 11 is 5.40. The first kappa shape index (κ1) is 12.2. The maximum absolute atomic E-state index is 5.40. The summed E-state index contributed by atoms with van der Waals surface area (Å²) in [5.41, 5.74) is 4.24. The molecule has 0 aliphatic heterocycles. The lowest BCUT2D eigenvalue weighted by Crippen LogP contribution is -2.08. The van der Waals surface area contributed by atoms with E-state index in [0.717, 1.165) is 34.6 Å². The number of imidazole rings is 1. The fourth-order valence-electron chi connectivity index (χ4n) is 2.45. The Morgan fingerprint density at radius 3 is 2.79 bits per heavy atom. The molecule has 3 rings (SSSR count). The van der Waals surface area contributed by atoms with E-state index in [1.165, 1.54) is 5.69 Å². The van der Waals surface area contributed by atoms with Gasteiger partial charge < -0.3 is 9.55 Å². The molecule has 0 unspecified atom stereocenters. The van der Waals surface area contributed by atoms with Gasteiger partial charge in [-0.3, -0.25) is 9.36 Å². The molecule has 0 spiro atoms. The third-order valence-corrected chi connectivity index (χ3v) is 3.76. The van der Waals surface area contributed by atoms with Gasteiger partial charge in [0, 0.05) is 39.0 Å². The van der Waals surface area contributed by atoms with E-state index < -0.39 is 0 Å². The van der Waals surface area contributed by atoms with Crippen molar-refractivity contribution in [3.8, 4) is 0 Å². The van der Waals surface area contributed by atoms with Crippen LogP contribution in [0, 0.1) is 11.7 Å². The number of hydrogen-bond donors (Lipinski definition) is 1. The average molecular weight is 276 g/mol. The number of H-pyrrole nitrogens is 1. The van der Waals surface area contributed by atoms with E-state index in [1.54, 1.807) is 0 Å². The van der Waals surface area contributed by atoms with Crippen molar-refractivity contribution in [3.05, 3.63) is 28.4 Å². The fraction of sp³-hybridized carbons (Fsp3) is 0.417. The van der Waals surface area contributed by atoms with Crippen molar-refractivity contribution in [2.24, 2.45) is 14.1 Å². The Hall–Kier alpha value is -1.89. The van der Waals surface area contributed by atoms with Crippen molar-refractivity contribution < 1.29 is 0 Å². The Morgan fingerprint density at radius 2 is 2.11 bits per heavy atom. The Morgan fingerprint density at radius 1 is 1.32 bits per heavy atom. The predicted molar refractivity (Wildman–Crippen MR) is 75.5 cm³/mol. The molecule has 1 N–H and O–H groups in total. The van der Waals surface area contributed by atoms with Crippen LogP contribution in [0.4, 0.5) is 0 Å². The molecule has 0 atom stereocenters. The van der Waals surface area contributed by atoms with E-state index in [9.17, 15) is 0 Å². The van der Waals surface area contributed by atoms with Crippen LogP contribution in [-0.2, 0) is 27.1 Å². The van der Waals surface area contributed by atoms with Gasteiger partial charge in [-0.1, -0.05) is 0 Å². The van der Waals surface area contributed by atoms with Crippen molar-refractivity contribution in [1.29, 1.82) is 0 Å². The van der Waals surface area contributed by atoms with Gasteiger partial charge in [-0.15, -0.1) is 0 Å². The molecular weight excluding hydrogens is 260 g/mol. The van der Waals surface area contributed by atoms with Crippen LogP contribution in [0.2, 0.25) is 0 Å². The van der Waals surface area contributed by atoms with Gasteiger partial charge >= 0.3 is 0 Å². The summed E-state index contributed by atoms with van der Waals surface area (Å²) in [6, 6.07) is 2.03. The van der Waals surface area contributed by atoms with Gasteiger partial charge in [-0.05, 0) is 25.2 Å². The van der Waals surface area contributed by atoms with Gasteiger partial charge in [-0.25, -0.2) is 0 Å². The zero-order valence-corrected chi connectivity index (χ0v) is 12.0. The molecule has 0 fully saturated rings. The topological polar surface area (TPSA) is 56.4 Å². The van der Waals surface area contributed by atoms with Crippen LogP contribution in [0.25, 0.3) is 11.2 Å². The average Bonchev–Trinajstić information content (AvgIpc) is 2.97. The second-order valence-electron chi connectivity index (χ2n) is 4.69. The highest BCUT2D eigenvalue weighted by molar-refractivity contribution is 7.71. The van der Waals surface area contributed by atoms with Crippen molar-refractivity contribution in [3.63, 3.8) is 0 Å². The highest BCUT2D eigenvalue weighted by Gasteiger charge is 2.12. The summed E-state index contributed by atoms with van der Waals surface area (Å²) in [4.78, 5) is 3.23. The molecule has 0 bridgehead atoms. The molecule has 0 aromatic carbocycles. The number of hydrogen-bond acceptors (Lipinski definition) is 3. The predicted octanol–water partition coefficient (Wildman–Crippen LogP) is 1.72. The third-order valence-electron chi connectivity index (χ3n) is 3.44. The normalized spacial score (nSPS) is 11.5. The van der Waals surface area contributed by atoms with E-state index in [2.05, 4.69) is 19.7 Å². The molecule has 0 radical (unpaired) electrons. The van der Waals surface area contributed by atoms with Gasteiger partial charge in [0.25, 0.3) is 0 Å². The first-order valence-electron chi connectivity index (χ1n) is 6.17. The molecule has 0 aliphatic carbocycles. The molecule has 6 nitrogen and oxygen atoms in total. The zero-order valence-electron chi connectivity index (χ0n) is 11.2. The molecule has 3 heterocycles. The highest BCUT2D eigenvalue weighted by Crippen LogP contribution is 2.17. The lowest BCUT2D eigenvalue weighted by atomic mass is 10.3. The van der Waals surface area contributed by atoms with Crippen LogP contribution in [0.5, 0.6) is 0 Å². The molecular formula is C12H16N6S. The van der Waals surface area contributed by atoms with Crippen LogP contribution in [0.15, 0.2) is 12.3 Å². The number of nitrogens with one attached hydrogen (secondary N) is 1. The number of fused-ring (bicyclic) bond motifs is 1. The number of rotatable bonds is 3. The smallest absolute Gasteiger partial charge is 0.179 e. The Balaban J connectivity index is 1.99. The summed E-state index contributed by atoms with van der Waals surface area (Å²) in [7, 11) is 3.90. The number of aryl methyl sites for hydroxylation is 5. The number of aromatic amines is 1. The minimum absolute atomic E-state index is 0.744. The van der Waals surface area contributed by atoms with Crippen molar-refractivity contribution in [2.45, 2.75) is 19.9 Å². The maximum atomic E-state index is 5.40. The number of aromatic nitrogens is 6. The van der Waals surface area contributed by atoms with E-state index >= 15 is 0 Å². The summed E-state index contributed by atoms with van der Waals surface area (Å²) in [5.74, 6) is 0. The Kier molecular flexibility index (Phi) is 2.78. The molecule has 100 valence electrons. The molecule has 0 saturated carbocycles. The highest BCUT2D eigenvalue weighted by atomic mass is 32.1. The lowest BCUT2D eigenvalue weighted by Gasteiger charge is -2.05. The molecule has 0 amide bonds. The summed E-state index contributed by atoms with van der Waals surface area (Å²) in [5, 5.41) is 8.59. The molecule has 0 saturated heterocycles. The first-order chi connectivity index (χ1) is 9.08. The Bertz CT molecular complexity index is 787. The van der Waals surface area contributed by atoms with Crippen LogP contribution in [-0.4, -0.2) is 29.1 Å². The van der Waals surface area contributed by atoms with Gasteiger partial charge in [0.15, 0.2) is 10.4 Å². The van der Waals surface area contributed by atoms with Gasteiger partial charge in [-0.2, -0.15) is 10.2 Å². The van der Waals surface area contributed by atoms with Gasteiger partial charge in [0.1, 0.15) is 5.52 Å². The lowest BCUT2D eigenvalue weighted by molar-refractivity contribution is 0.625. The molecule has 19 heavy (non-hydrogen) atoms. The van der Waals surface area contributed by atoms with E-state index in [4.69, 9.17) is 12.2 Å². The van der Waals surface area contributed by atoms with Crippen molar-refractivity contribution in [1.82, 2.24) is 29.1 Å². The summed E-state index contributed by atoms with van der Waals surface area (Å²) in [6.45, 7) is 2.80.